The Labute approximate surface area is 88.9 Å². The zero-order valence-corrected chi connectivity index (χ0v) is 11.4. The van der Waals surface area contributed by atoms with E-state index in [1.807, 2.05) is 0 Å². The largest absolute Gasteiger partial charge is 0.380 e. The van der Waals surface area contributed by atoms with E-state index in [2.05, 4.69) is 13.5 Å². The van der Waals surface area contributed by atoms with Crippen molar-refractivity contribution in [2.75, 3.05) is 6.61 Å². The van der Waals surface area contributed by atoms with Crippen LogP contribution >= 0.6 is 11.6 Å². The van der Waals surface area contributed by atoms with Gasteiger partial charge in [0.2, 0.25) is 0 Å². The van der Waals surface area contributed by atoms with E-state index >= 15 is 0 Å². The second-order valence-electron chi connectivity index (χ2n) is 4.31. The predicted molar refractivity (Wildman–Crippen MR) is 61.2 cm³/mol. The molecule has 1 fully saturated rings. The number of hydrogen-bond donors (Lipinski definition) is 0. The van der Waals surface area contributed by atoms with Crippen molar-refractivity contribution in [1.29, 1.82) is 0 Å². The summed E-state index contributed by atoms with van der Waals surface area (Å²) in [5.41, 5.74) is 0. The lowest BCUT2D eigenvalue weighted by Crippen LogP contribution is -2.38. The molecule has 0 N–H and O–H groups in total. The Morgan fingerprint density at radius 1 is 1.69 bits per heavy atom. The maximum atomic E-state index is 5.87. The van der Waals surface area contributed by atoms with Crippen LogP contribution in [0, 0.1) is 5.92 Å². The van der Waals surface area contributed by atoms with Crippen LogP contribution in [0.4, 0.5) is 0 Å². The van der Waals surface area contributed by atoms with Gasteiger partial charge in [-0.2, -0.15) is 0 Å². The van der Waals surface area contributed by atoms with Crippen molar-refractivity contribution in [3.63, 3.8) is 0 Å². The fourth-order valence-electron chi connectivity index (χ4n) is 1.91. The lowest BCUT2D eigenvalue weighted by atomic mass is 9.97. The van der Waals surface area contributed by atoms with Crippen LogP contribution < -0.4 is 0 Å². The Kier molecular flexibility index (Phi) is 4.01. The third-order valence-corrected chi connectivity index (χ3v) is 4.39. The Bertz CT molecular complexity index is 187. The minimum Gasteiger partial charge on any atom is -0.380 e. The van der Waals surface area contributed by atoms with Gasteiger partial charge in [-0.25, -0.2) is 0 Å². The summed E-state index contributed by atoms with van der Waals surface area (Å²) in [5.74, 6) is 0.386. The quantitative estimate of drug-likeness (QED) is 0.659. The maximum absolute atomic E-state index is 5.87. The van der Waals surface area contributed by atoms with Gasteiger partial charge in [-0.3, -0.25) is 0 Å². The van der Waals surface area contributed by atoms with Gasteiger partial charge in [0.1, 0.15) is 0 Å². The summed E-state index contributed by atoms with van der Waals surface area (Å²) in [7, 11) is 1.10. The van der Waals surface area contributed by atoms with Gasteiger partial charge in [0.15, 0.2) is 0 Å². The molecule has 1 aliphatic heterocycles. The summed E-state index contributed by atoms with van der Waals surface area (Å²) in [4.78, 5) is 0. The molecule has 0 spiro atoms. The maximum Gasteiger partial charge on any atom is 0.0492 e. The highest BCUT2D eigenvalue weighted by Crippen LogP contribution is 2.31. The van der Waals surface area contributed by atoms with Gasteiger partial charge in [-0.15, -0.1) is 0 Å². The van der Waals surface area contributed by atoms with Crippen LogP contribution in [-0.4, -0.2) is 22.1 Å². The number of rotatable bonds is 3. The van der Waals surface area contributed by atoms with E-state index in [1.54, 1.807) is 0 Å². The Hall–Kier alpha value is 0.207. The highest BCUT2D eigenvalue weighted by molar-refractivity contribution is 6.29. The molecule has 13 heavy (non-hydrogen) atoms. The van der Waals surface area contributed by atoms with Crippen LogP contribution in [0.2, 0.25) is 0 Å². The molecular weight excluding hydrogens is 200 g/mol. The summed E-state index contributed by atoms with van der Waals surface area (Å²) in [6.45, 7) is 6.84. The topological polar surface area (TPSA) is 9.23 Å². The lowest BCUT2D eigenvalue weighted by molar-refractivity contribution is -0.0280. The molecule has 0 saturated carbocycles. The zero-order valence-electron chi connectivity index (χ0n) is 8.61. The first-order valence-corrected chi connectivity index (χ1v) is 6.39. The van der Waals surface area contributed by atoms with Crippen molar-refractivity contribution in [3.05, 3.63) is 11.6 Å². The first kappa shape index (κ1) is 11.3. The standard InChI is InChI=1S/C10H19ClOSi/c1-8(9(2)11)7-10(13)5-3-4-6-12-10/h8H,2-7H2,1,13H3. The Morgan fingerprint density at radius 3 is 2.85 bits per heavy atom. The molecule has 0 aromatic rings. The SMILES string of the molecule is C=C(Cl)C(C)CC1([SiH3])CCCCO1. The summed E-state index contributed by atoms with van der Waals surface area (Å²) in [6.07, 6.45) is 4.81. The molecule has 0 radical (unpaired) electrons. The summed E-state index contributed by atoms with van der Waals surface area (Å²) >= 11 is 5.87. The van der Waals surface area contributed by atoms with Gasteiger partial charge in [-0.1, -0.05) is 25.1 Å². The van der Waals surface area contributed by atoms with E-state index in [0.29, 0.717) is 5.92 Å². The first-order chi connectivity index (χ1) is 6.03. The van der Waals surface area contributed by atoms with Gasteiger partial charge in [-0.05, 0) is 31.6 Å². The minimum absolute atomic E-state index is 0.176. The number of allylic oxidation sites excluding steroid dienone is 1. The molecule has 0 amide bonds. The lowest BCUT2D eigenvalue weighted by Gasteiger charge is -2.36. The monoisotopic (exact) mass is 218 g/mol. The molecule has 1 nitrogen and oxygen atoms in total. The molecular formula is C10H19ClOSi. The van der Waals surface area contributed by atoms with Crippen LogP contribution in [0.1, 0.15) is 32.6 Å². The molecule has 0 aromatic heterocycles. The summed E-state index contributed by atoms with van der Waals surface area (Å²) in [6, 6.07) is 0. The van der Waals surface area contributed by atoms with Crippen molar-refractivity contribution in [1.82, 2.24) is 0 Å². The van der Waals surface area contributed by atoms with Crippen LogP contribution in [-0.2, 0) is 4.74 Å². The van der Waals surface area contributed by atoms with E-state index in [0.717, 1.165) is 28.3 Å². The third kappa shape index (κ3) is 3.45. The van der Waals surface area contributed by atoms with Gasteiger partial charge in [0, 0.05) is 27.1 Å². The molecule has 0 aliphatic carbocycles. The van der Waals surface area contributed by atoms with E-state index in [9.17, 15) is 0 Å². The molecule has 76 valence electrons. The second kappa shape index (κ2) is 4.62. The number of halogens is 1. The van der Waals surface area contributed by atoms with Crippen molar-refractivity contribution in [3.8, 4) is 0 Å². The normalized spacial score (nSPS) is 31.5. The molecule has 1 saturated heterocycles. The smallest absolute Gasteiger partial charge is 0.0492 e. The molecule has 1 heterocycles. The number of ether oxygens (including phenoxy) is 1. The van der Waals surface area contributed by atoms with Crippen LogP contribution in [0.3, 0.4) is 0 Å². The Balaban J connectivity index is 2.45. The highest BCUT2D eigenvalue weighted by Gasteiger charge is 2.29. The number of hydrogen-bond acceptors (Lipinski definition) is 1. The predicted octanol–water partition coefficient (Wildman–Crippen LogP) is 2.03. The van der Waals surface area contributed by atoms with Crippen LogP contribution in [0.5, 0.6) is 0 Å². The van der Waals surface area contributed by atoms with Crippen LogP contribution in [0.15, 0.2) is 11.6 Å². The molecule has 1 rings (SSSR count). The minimum atomic E-state index is 0.176. The van der Waals surface area contributed by atoms with E-state index in [-0.39, 0.29) is 5.22 Å². The fraction of sp³-hybridized carbons (Fsp3) is 0.800. The highest BCUT2D eigenvalue weighted by atomic mass is 35.5. The fourth-order valence-corrected chi connectivity index (χ4v) is 3.16. The van der Waals surface area contributed by atoms with Gasteiger partial charge >= 0.3 is 0 Å². The van der Waals surface area contributed by atoms with E-state index in [1.165, 1.54) is 19.3 Å². The van der Waals surface area contributed by atoms with Crippen molar-refractivity contribution >= 4 is 21.8 Å². The second-order valence-corrected chi connectivity index (χ2v) is 6.62. The average Bonchev–Trinajstić information content (AvgIpc) is 2.04. The first-order valence-electron chi connectivity index (χ1n) is 5.02. The van der Waals surface area contributed by atoms with Gasteiger partial charge in [0.25, 0.3) is 0 Å². The summed E-state index contributed by atoms with van der Waals surface area (Å²) in [5, 5.41) is 0.944. The van der Waals surface area contributed by atoms with E-state index < -0.39 is 0 Å². The summed E-state index contributed by atoms with van der Waals surface area (Å²) < 4.78 is 5.85. The molecule has 2 unspecified atom stereocenters. The molecule has 1 aliphatic rings. The zero-order chi connectivity index (χ0) is 9.90. The third-order valence-electron chi connectivity index (χ3n) is 2.82. The Morgan fingerprint density at radius 2 is 2.38 bits per heavy atom. The van der Waals surface area contributed by atoms with Gasteiger partial charge < -0.3 is 4.74 Å². The van der Waals surface area contributed by atoms with Crippen molar-refractivity contribution in [2.45, 2.75) is 37.8 Å². The molecule has 2 atom stereocenters. The van der Waals surface area contributed by atoms with E-state index in [4.69, 9.17) is 16.3 Å². The molecule has 0 bridgehead atoms. The molecule has 0 aromatic carbocycles. The van der Waals surface area contributed by atoms with Gasteiger partial charge in [0.05, 0.1) is 0 Å². The van der Waals surface area contributed by atoms with Crippen molar-refractivity contribution in [2.24, 2.45) is 5.92 Å². The van der Waals surface area contributed by atoms with Crippen LogP contribution in [0.25, 0.3) is 0 Å². The average molecular weight is 219 g/mol. The molecule has 3 heteroatoms. The van der Waals surface area contributed by atoms with Crippen molar-refractivity contribution < 1.29 is 4.74 Å².